The summed E-state index contributed by atoms with van der Waals surface area (Å²) in [6.45, 7) is 18.6. The average molecular weight is 1590 g/mol. The highest BCUT2D eigenvalue weighted by Gasteiger charge is 2.22. The smallest absolute Gasteiger partial charge is 0.245 e. The van der Waals surface area contributed by atoms with Crippen molar-refractivity contribution in [3.63, 3.8) is 0 Å². The number of rotatable bonds is 78. The van der Waals surface area contributed by atoms with E-state index in [2.05, 4.69) is 127 Å². The number of carbonyl (C=O) groups excluding carboxylic acids is 8. The Morgan fingerprint density at radius 3 is 0.745 bits per heavy atom. The second kappa shape index (κ2) is 101. The molecule has 0 aliphatic rings. The van der Waals surface area contributed by atoms with E-state index in [1.807, 2.05) is 27.2 Å². The first-order valence-corrected chi connectivity index (χ1v) is 47.7. The van der Waals surface area contributed by atoms with Gasteiger partial charge in [-0.3, -0.25) is 38.4 Å². The van der Waals surface area contributed by atoms with E-state index in [1.165, 1.54) is 193 Å². The number of unbranched alkanes of at least 4 members (excludes halogenated alkanes) is 38. The molecule has 16 nitrogen and oxygen atoms in total. The molecule has 0 aromatic rings. The Hall–Kier alpha value is -4.10. The summed E-state index contributed by atoms with van der Waals surface area (Å²) < 4.78 is 10.7. The summed E-state index contributed by atoms with van der Waals surface area (Å²) in [6, 6.07) is -1.06. The van der Waals surface area contributed by atoms with Crippen molar-refractivity contribution >= 4 is 65.5 Å². The quantitative estimate of drug-likeness (QED) is 0.0192. The SMILES string of the molecule is CC.CCCCCC/C=C\CCCCCCCC(=O)NCCCCC(NC(=O)CCCCCCC/C=C\CCCCCC)C(=O)CCCOCC(=O)NC.CCCCCC/C=C\CCCCCCCC(=O)NCCCCC(NC(=O)CCCCCCC/C=C\CCCCCC)C(=O)CCCOCC(=O)NC.CP.CP. The number of likely N-dealkylation sites (N-methyl/N-ethyl adjacent to an activating group) is 2. The zero-order valence-corrected chi connectivity index (χ0v) is 75.6. The summed E-state index contributed by atoms with van der Waals surface area (Å²) in [4.78, 5) is 99.1. The maximum Gasteiger partial charge on any atom is 0.245 e. The number of allylic oxidation sites excluding steroid dienone is 8. The lowest BCUT2D eigenvalue weighted by Gasteiger charge is -2.18. The van der Waals surface area contributed by atoms with Gasteiger partial charge in [0, 0.05) is 78.9 Å². The number of nitrogens with one attached hydrogen (secondary N) is 6. The highest BCUT2D eigenvalue weighted by atomic mass is 31.0. The minimum Gasteiger partial charge on any atom is -0.372 e. The second-order valence-corrected chi connectivity index (χ2v) is 29.0. The molecule has 0 bridgehead atoms. The number of Topliss-reactive ketones (excluding diaryl/α,β-unsaturated/α-hetero) is 2. The second-order valence-electron chi connectivity index (χ2n) is 29.0. The molecule has 0 aliphatic carbocycles. The van der Waals surface area contributed by atoms with Crippen LogP contribution in [0.4, 0.5) is 0 Å². The standard InChI is InChI=1S/2C44H81N3O5.C2H6.2CH5P/c2*1-4-6-8-10-12-14-16-18-20-22-24-26-28-35-42(49)46-37-31-30-33-40(41(48)34-32-38-52-39-44(51)45-3)47-43(50)36-29-27-25-23-21-19-17-15-13-11-9-7-5-2;3*1-2/h2*14-17,40H,4-13,18-39H2,1-3H3,(H,45,51)(H,46,49)(H,47,50);1-2H3;2*2H2,1H3/b2*16-14-,17-15-;;;. The first-order valence-electron chi connectivity index (χ1n) is 45.4. The summed E-state index contributed by atoms with van der Waals surface area (Å²) in [5.74, 6) is -0.344. The minimum atomic E-state index is -0.530. The summed E-state index contributed by atoms with van der Waals surface area (Å²) >= 11 is 0. The van der Waals surface area contributed by atoms with Gasteiger partial charge in [0.05, 0.1) is 12.1 Å². The molecule has 0 heterocycles. The minimum absolute atomic E-state index is 0.00206. The molecule has 0 aliphatic heterocycles. The van der Waals surface area contributed by atoms with E-state index in [0.717, 1.165) is 116 Å². The van der Waals surface area contributed by atoms with E-state index >= 15 is 0 Å². The van der Waals surface area contributed by atoms with E-state index in [0.29, 0.717) is 90.5 Å². The molecule has 18 heteroatoms. The molecular weight excluding hydrogens is 1410 g/mol. The number of hydrogen-bond acceptors (Lipinski definition) is 10. The fourth-order valence-electron chi connectivity index (χ4n) is 12.3. The van der Waals surface area contributed by atoms with Crippen LogP contribution in [0.2, 0.25) is 0 Å². The van der Waals surface area contributed by atoms with Crippen LogP contribution >= 0.6 is 18.5 Å². The van der Waals surface area contributed by atoms with Crippen molar-refractivity contribution in [3.05, 3.63) is 48.6 Å². The molecule has 4 unspecified atom stereocenters. The first kappa shape index (κ1) is 114. The van der Waals surface area contributed by atoms with E-state index in [9.17, 15) is 38.4 Å². The number of ether oxygens (including phenoxy) is 2. The molecule has 0 rings (SSSR count). The monoisotopic (exact) mass is 1590 g/mol. The van der Waals surface area contributed by atoms with Crippen molar-refractivity contribution in [1.29, 1.82) is 0 Å². The van der Waals surface area contributed by atoms with Crippen molar-refractivity contribution in [2.24, 2.45) is 0 Å². The molecule has 0 spiro atoms. The molecule has 0 saturated carbocycles. The summed E-state index contributed by atoms with van der Waals surface area (Å²) in [5, 5.41) is 17.1. The molecule has 0 saturated heterocycles. The van der Waals surface area contributed by atoms with Crippen molar-refractivity contribution in [2.45, 2.75) is 426 Å². The van der Waals surface area contributed by atoms with Gasteiger partial charge in [0.2, 0.25) is 35.4 Å². The van der Waals surface area contributed by atoms with Crippen LogP contribution in [-0.2, 0) is 47.8 Å². The van der Waals surface area contributed by atoms with Gasteiger partial charge in [-0.05, 0) is 180 Å². The topological polar surface area (TPSA) is 227 Å². The molecule has 0 fully saturated rings. The van der Waals surface area contributed by atoms with Gasteiger partial charge < -0.3 is 41.4 Å². The molecule has 0 radical (unpaired) electrons. The van der Waals surface area contributed by atoms with Crippen LogP contribution in [0.1, 0.15) is 414 Å². The van der Waals surface area contributed by atoms with E-state index < -0.39 is 12.1 Å². The summed E-state index contributed by atoms with van der Waals surface area (Å²) in [6.07, 6.45) is 78.7. The van der Waals surface area contributed by atoms with Crippen LogP contribution in [0.15, 0.2) is 48.6 Å². The van der Waals surface area contributed by atoms with Crippen molar-refractivity contribution < 1.29 is 47.8 Å². The molecule has 6 amide bonds. The summed E-state index contributed by atoms with van der Waals surface area (Å²) in [7, 11) is 7.95. The third-order valence-electron chi connectivity index (χ3n) is 19.0. The van der Waals surface area contributed by atoms with Crippen molar-refractivity contribution in [1.82, 2.24) is 31.9 Å². The van der Waals surface area contributed by atoms with Gasteiger partial charge in [0.15, 0.2) is 11.6 Å². The van der Waals surface area contributed by atoms with Crippen LogP contribution in [-0.4, -0.2) is 126 Å². The normalized spacial score (nSPS) is 11.6. The van der Waals surface area contributed by atoms with Crippen LogP contribution in [0.5, 0.6) is 0 Å². The predicted octanol–water partition coefficient (Wildman–Crippen LogP) is 22.8. The lowest BCUT2D eigenvalue weighted by molar-refractivity contribution is -0.128. The van der Waals surface area contributed by atoms with E-state index in [-0.39, 0.29) is 60.2 Å². The Morgan fingerprint density at radius 1 is 0.273 bits per heavy atom. The van der Waals surface area contributed by atoms with Gasteiger partial charge in [-0.15, -0.1) is 18.5 Å². The zero-order chi connectivity index (χ0) is 82.3. The molecule has 0 aromatic carbocycles. The van der Waals surface area contributed by atoms with Gasteiger partial charge >= 0.3 is 0 Å². The lowest BCUT2D eigenvalue weighted by atomic mass is 10.0. The highest BCUT2D eigenvalue weighted by Crippen LogP contribution is 2.16. The Kier molecular flexibility index (Phi) is 105. The molecule has 110 heavy (non-hydrogen) atoms. The maximum atomic E-state index is 13.1. The van der Waals surface area contributed by atoms with Crippen LogP contribution in [0, 0.1) is 0 Å². The van der Waals surface area contributed by atoms with Gasteiger partial charge in [-0.1, -0.05) is 258 Å². The van der Waals surface area contributed by atoms with Gasteiger partial charge in [-0.25, -0.2) is 0 Å². The third-order valence-corrected chi connectivity index (χ3v) is 19.0. The fraction of sp³-hybridized carbons (Fsp3) is 0.826. The maximum absolute atomic E-state index is 13.1. The Bertz CT molecular complexity index is 2000. The fourth-order valence-corrected chi connectivity index (χ4v) is 12.3. The third kappa shape index (κ3) is 94.5. The average Bonchev–Trinajstić information content (AvgIpc) is 0.927. The lowest BCUT2D eigenvalue weighted by Crippen LogP contribution is -2.41. The first-order chi connectivity index (χ1) is 53.9. The molecule has 646 valence electrons. The number of ketones is 2. The van der Waals surface area contributed by atoms with E-state index in [1.54, 1.807) is 14.1 Å². The molecular formula is C92H178N6O10P2. The van der Waals surface area contributed by atoms with Crippen molar-refractivity contribution in [2.75, 3.05) is 66.9 Å². The van der Waals surface area contributed by atoms with Crippen molar-refractivity contribution in [3.8, 4) is 0 Å². The number of amides is 6. The van der Waals surface area contributed by atoms with E-state index in [4.69, 9.17) is 9.47 Å². The van der Waals surface area contributed by atoms with Crippen LogP contribution < -0.4 is 31.9 Å². The molecule has 6 N–H and O–H groups in total. The van der Waals surface area contributed by atoms with Crippen LogP contribution in [0.25, 0.3) is 0 Å². The molecule has 4 atom stereocenters. The number of hydrogen-bond donors (Lipinski definition) is 6. The van der Waals surface area contributed by atoms with Crippen LogP contribution in [0.3, 0.4) is 0 Å². The predicted molar refractivity (Wildman–Crippen MR) is 479 cm³/mol. The summed E-state index contributed by atoms with van der Waals surface area (Å²) in [5.41, 5.74) is 0. The van der Waals surface area contributed by atoms with Gasteiger partial charge in [-0.2, -0.15) is 0 Å². The Balaban J connectivity index is -0.000000625. The van der Waals surface area contributed by atoms with Gasteiger partial charge in [0.25, 0.3) is 0 Å². The highest BCUT2D eigenvalue weighted by molar-refractivity contribution is 7.15. The molecule has 0 aromatic heterocycles. The largest absolute Gasteiger partial charge is 0.372 e. The van der Waals surface area contributed by atoms with Gasteiger partial charge in [0.1, 0.15) is 13.2 Å². The Labute approximate surface area is 683 Å². The number of carbonyl (C=O) groups is 8. The Morgan fingerprint density at radius 2 is 0.500 bits per heavy atom. The zero-order valence-electron chi connectivity index (χ0n) is 73.3.